The van der Waals surface area contributed by atoms with Crippen LogP contribution < -0.4 is 5.32 Å². The number of amides is 2. The van der Waals surface area contributed by atoms with E-state index in [-0.39, 0.29) is 23.5 Å². The van der Waals surface area contributed by atoms with Gasteiger partial charge in [0.15, 0.2) is 6.39 Å². The third-order valence-electron chi connectivity index (χ3n) is 2.74. The molecule has 6 heteroatoms. The van der Waals surface area contributed by atoms with Crippen LogP contribution in [0.4, 0.5) is 0 Å². The van der Waals surface area contributed by atoms with Crippen LogP contribution in [0.5, 0.6) is 0 Å². The maximum Gasteiger partial charge on any atom is 0.291 e. The zero-order chi connectivity index (χ0) is 11.5. The fourth-order valence-electron chi connectivity index (χ4n) is 1.84. The SMILES string of the molecule is CNC(=O)C1CCN(C(=O)c2cnco2)C1. The minimum atomic E-state index is -0.205. The molecule has 0 bridgehead atoms. The molecular formula is C10H13N3O3. The van der Waals surface area contributed by atoms with Gasteiger partial charge in [0.1, 0.15) is 0 Å². The van der Waals surface area contributed by atoms with Gasteiger partial charge in [0.05, 0.1) is 12.1 Å². The van der Waals surface area contributed by atoms with E-state index in [4.69, 9.17) is 4.42 Å². The highest BCUT2D eigenvalue weighted by Gasteiger charge is 2.31. The molecule has 1 N–H and O–H groups in total. The Bertz CT molecular complexity index is 388. The Balaban J connectivity index is 1.99. The lowest BCUT2D eigenvalue weighted by molar-refractivity contribution is -0.124. The van der Waals surface area contributed by atoms with E-state index in [0.29, 0.717) is 19.5 Å². The highest BCUT2D eigenvalue weighted by molar-refractivity contribution is 5.92. The molecule has 6 nitrogen and oxygen atoms in total. The summed E-state index contributed by atoms with van der Waals surface area (Å²) in [6, 6.07) is 0. The molecule has 1 aromatic heterocycles. The Morgan fingerprint density at radius 1 is 1.62 bits per heavy atom. The van der Waals surface area contributed by atoms with Gasteiger partial charge in [-0.1, -0.05) is 0 Å². The van der Waals surface area contributed by atoms with Crippen molar-refractivity contribution in [2.75, 3.05) is 20.1 Å². The summed E-state index contributed by atoms with van der Waals surface area (Å²) in [7, 11) is 1.60. The lowest BCUT2D eigenvalue weighted by Crippen LogP contribution is -2.32. The lowest BCUT2D eigenvalue weighted by atomic mass is 10.1. The average Bonchev–Trinajstić information content (AvgIpc) is 2.97. The Labute approximate surface area is 92.6 Å². The summed E-state index contributed by atoms with van der Waals surface area (Å²) in [4.78, 5) is 28.5. The monoisotopic (exact) mass is 223 g/mol. The van der Waals surface area contributed by atoms with Crippen molar-refractivity contribution >= 4 is 11.8 Å². The van der Waals surface area contributed by atoms with Gasteiger partial charge in [-0.3, -0.25) is 9.59 Å². The Morgan fingerprint density at radius 3 is 3.06 bits per heavy atom. The predicted octanol–water partition coefficient (Wildman–Crippen LogP) is -0.117. The maximum absolute atomic E-state index is 11.8. The summed E-state index contributed by atoms with van der Waals surface area (Å²) in [5.41, 5.74) is 0. The molecule has 0 saturated carbocycles. The molecular weight excluding hydrogens is 210 g/mol. The normalized spacial score (nSPS) is 19.8. The summed E-state index contributed by atoms with van der Waals surface area (Å²) < 4.78 is 4.93. The topological polar surface area (TPSA) is 75.4 Å². The van der Waals surface area contributed by atoms with E-state index in [1.165, 1.54) is 12.6 Å². The molecule has 2 heterocycles. The largest absolute Gasteiger partial charge is 0.438 e. The van der Waals surface area contributed by atoms with E-state index in [1.54, 1.807) is 11.9 Å². The average molecular weight is 223 g/mol. The molecule has 2 rings (SSSR count). The molecule has 1 aromatic rings. The summed E-state index contributed by atoms with van der Waals surface area (Å²) in [5, 5.41) is 2.59. The summed E-state index contributed by atoms with van der Waals surface area (Å²) in [5.74, 6) is -0.119. The third kappa shape index (κ3) is 1.91. The highest BCUT2D eigenvalue weighted by atomic mass is 16.3. The van der Waals surface area contributed by atoms with Crippen LogP contribution in [0.15, 0.2) is 17.0 Å². The van der Waals surface area contributed by atoms with Crippen molar-refractivity contribution in [1.82, 2.24) is 15.2 Å². The Morgan fingerprint density at radius 2 is 2.44 bits per heavy atom. The molecule has 0 radical (unpaired) electrons. The molecule has 86 valence electrons. The number of oxazole rings is 1. The molecule has 0 aromatic carbocycles. The fraction of sp³-hybridized carbons (Fsp3) is 0.500. The van der Waals surface area contributed by atoms with Gasteiger partial charge in [-0.15, -0.1) is 0 Å². The van der Waals surface area contributed by atoms with Gasteiger partial charge in [0.25, 0.3) is 5.91 Å². The molecule has 1 fully saturated rings. The molecule has 0 spiro atoms. The number of carbonyl (C=O) groups excluding carboxylic acids is 2. The summed E-state index contributed by atoms with van der Waals surface area (Å²) >= 11 is 0. The van der Waals surface area contributed by atoms with Crippen LogP contribution in [0.3, 0.4) is 0 Å². The predicted molar refractivity (Wildman–Crippen MR) is 54.6 cm³/mol. The molecule has 1 unspecified atom stereocenters. The van der Waals surface area contributed by atoms with Crippen LogP contribution >= 0.6 is 0 Å². The number of hydrogen-bond donors (Lipinski definition) is 1. The second-order valence-corrected chi connectivity index (χ2v) is 3.72. The van der Waals surface area contributed by atoms with Crippen molar-refractivity contribution in [3.8, 4) is 0 Å². The maximum atomic E-state index is 11.8. The second kappa shape index (κ2) is 4.34. The zero-order valence-corrected chi connectivity index (χ0v) is 8.97. The van der Waals surface area contributed by atoms with Gasteiger partial charge in [-0.25, -0.2) is 4.98 Å². The van der Waals surface area contributed by atoms with Crippen LogP contribution in [0.25, 0.3) is 0 Å². The molecule has 2 amide bonds. The minimum Gasteiger partial charge on any atom is -0.438 e. The van der Waals surface area contributed by atoms with Gasteiger partial charge in [-0.2, -0.15) is 0 Å². The van der Waals surface area contributed by atoms with Crippen LogP contribution in [-0.2, 0) is 4.79 Å². The van der Waals surface area contributed by atoms with Crippen molar-refractivity contribution in [3.63, 3.8) is 0 Å². The molecule has 1 saturated heterocycles. The molecule has 1 aliphatic rings. The first-order chi connectivity index (χ1) is 7.72. The molecule has 16 heavy (non-hydrogen) atoms. The van der Waals surface area contributed by atoms with Gasteiger partial charge in [0.2, 0.25) is 11.7 Å². The van der Waals surface area contributed by atoms with Gasteiger partial charge < -0.3 is 14.6 Å². The number of likely N-dealkylation sites (tertiary alicyclic amines) is 1. The quantitative estimate of drug-likeness (QED) is 0.758. The van der Waals surface area contributed by atoms with Crippen molar-refractivity contribution in [1.29, 1.82) is 0 Å². The number of nitrogens with zero attached hydrogens (tertiary/aromatic N) is 2. The second-order valence-electron chi connectivity index (χ2n) is 3.72. The fourth-order valence-corrected chi connectivity index (χ4v) is 1.84. The third-order valence-corrected chi connectivity index (χ3v) is 2.74. The van der Waals surface area contributed by atoms with Crippen LogP contribution in [-0.4, -0.2) is 41.8 Å². The minimum absolute atomic E-state index is 0.0205. The van der Waals surface area contributed by atoms with Crippen LogP contribution in [0.2, 0.25) is 0 Å². The van der Waals surface area contributed by atoms with Crippen LogP contribution in [0, 0.1) is 5.92 Å². The van der Waals surface area contributed by atoms with E-state index in [2.05, 4.69) is 10.3 Å². The van der Waals surface area contributed by atoms with E-state index < -0.39 is 0 Å². The van der Waals surface area contributed by atoms with Crippen LogP contribution in [0.1, 0.15) is 17.0 Å². The van der Waals surface area contributed by atoms with E-state index in [0.717, 1.165) is 0 Å². The van der Waals surface area contributed by atoms with Crippen molar-refractivity contribution in [2.24, 2.45) is 5.92 Å². The van der Waals surface area contributed by atoms with E-state index >= 15 is 0 Å². The number of carbonyl (C=O) groups is 2. The molecule has 1 aliphatic heterocycles. The summed E-state index contributed by atoms with van der Waals surface area (Å²) in [6.45, 7) is 1.02. The van der Waals surface area contributed by atoms with Gasteiger partial charge >= 0.3 is 0 Å². The summed E-state index contributed by atoms with van der Waals surface area (Å²) in [6.07, 6.45) is 3.30. The van der Waals surface area contributed by atoms with E-state index in [1.807, 2.05) is 0 Å². The van der Waals surface area contributed by atoms with Crippen molar-refractivity contribution in [2.45, 2.75) is 6.42 Å². The van der Waals surface area contributed by atoms with Gasteiger partial charge in [-0.05, 0) is 6.42 Å². The molecule has 1 atom stereocenters. The van der Waals surface area contributed by atoms with Gasteiger partial charge in [0, 0.05) is 20.1 Å². The smallest absolute Gasteiger partial charge is 0.291 e. The Hall–Kier alpha value is -1.85. The highest BCUT2D eigenvalue weighted by Crippen LogP contribution is 2.18. The first kappa shape index (κ1) is 10.7. The number of nitrogens with one attached hydrogen (secondary N) is 1. The van der Waals surface area contributed by atoms with E-state index in [9.17, 15) is 9.59 Å². The Kier molecular flexibility index (Phi) is 2.89. The number of rotatable bonds is 2. The van der Waals surface area contributed by atoms with Crippen molar-refractivity contribution < 1.29 is 14.0 Å². The lowest BCUT2D eigenvalue weighted by Gasteiger charge is -2.13. The number of aromatic nitrogens is 1. The molecule has 0 aliphatic carbocycles. The first-order valence-corrected chi connectivity index (χ1v) is 5.11. The van der Waals surface area contributed by atoms with Crippen molar-refractivity contribution in [3.05, 3.63) is 18.4 Å². The standard InChI is InChI=1S/C10H13N3O3/c1-11-9(14)7-2-3-13(5-7)10(15)8-4-12-6-16-8/h4,6-7H,2-3,5H2,1H3,(H,11,14). The first-order valence-electron chi connectivity index (χ1n) is 5.11. The number of hydrogen-bond acceptors (Lipinski definition) is 4. The zero-order valence-electron chi connectivity index (χ0n) is 8.97.